The maximum Gasteiger partial charge on any atom is 0.256 e. The summed E-state index contributed by atoms with van der Waals surface area (Å²) in [5.74, 6) is 5.61. The van der Waals surface area contributed by atoms with Crippen LogP contribution in [0.5, 0.6) is 0 Å². The van der Waals surface area contributed by atoms with Crippen LogP contribution in [-0.2, 0) is 6.54 Å². The molecule has 0 bridgehead atoms. The third-order valence-electron chi connectivity index (χ3n) is 3.72. The molecule has 1 aromatic heterocycles. The topological polar surface area (TPSA) is 58.4 Å². The van der Waals surface area contributed by atoms with Crippen LogP contribution < -0.4 is 11.3 Å². The van der Waals surface area contributed by atoms with Crippen molar-refractivity contribution in [3.05, 3.63) is 51.7 Å². The molecule has 1 saturated carbocycles. The summed E-state index contributed by atoms with van der Waals surface area (Å²) in [5.41, 5.74) is 5.03. The summed E-state index contributed by atoms with van der Waals surface area (Å²) in [6, 6.07) is 10.2. The van der Waals surface area contributed by atoms with Crippen molar-refractivity contribution in [2.24, 2.45) is 5.84 Å². The van der Waals surface area contributed by atoms with Crippen LogP contribution in [0.4, 0.5) is 5.69 Å². The molecule has 2 aromatic rings. The Morgan fingerprint density at radius 2 is 2.24 bits per heavy atom. The Hall–Kier alpha value is -1.85. The number of nitrogens with two attached hydrogens (primary N) is 1. The van der Waals surface area contributed by atoms with E-state index in [2.05, 4.69) is 11.5 Å². The predicted molar refractivity (Wildman–Crippen MR) is 86.2 cm³/mol. The van der Waals surface area contributed by atoms with Gasteiger partial charge in [0.2, 0.25) is 0 Å². The molecule has 0 aliphatic heterocycles. The van der Waals surface area contributed by atoms with Gasteiger partial charge in [0.25, 0.3) is 5.91 Å². The van der Waals surface area contributed by atoms with Crippen LogP contribution in [0.2, 0.25) is 0 Å². The second-order valence-electron chi connectivity index (χ2n) is 5.44. The number of hydrogen-bond donors (Lipinski definition) is 2. The van der Waals surface area contributed by atoms with Crippen molar-refractivity contribution in [3.63, 3.8) is 0 Å². The molecule has 3 rings (SSSR count). The fourth-order valence-electron chi connectivity index (χ4n) is 2.44. The van der Waals surface area contributed by atoms with E-state index in [0.29, 0.717) is 23.8 Å². The summed E-state index contributed by atoms with van der Waals surface area (Å²) in [4.78, 5) is 16.1. The van der Waals surface area contributed by atoms with Gasteiger partial charge in [-0.15, -0.1) is 11.3 Å². The minimum Gasteiger partial charge on any atom is -0.330 e. The molecule has 0 saturated heterocycles. The average Bonchev–Trinajstić information content (AvgIpc) is 3.20. The average molecular weight is 301 g/mol. The quantitative estimate of drug-likeness (QED) is 0.659. The molecule has 4 nitrogen and oxygen atoms in total. The van der Waals surface area contributed by atoms with Gasteiger partial charge in [0.1, 0.15) is 0 Å². The Morgan fingerprint density at radius 1 is 1.43 bits per heavy atom. The number of nitrogens with one attached hydrogen (secondary N) is 1. The summed E-state index contributed by atoms with van der Waals surface area (Å²) in [6.45, 7) is 2.66. The molecule has 1 aliphatic carbocycles. The first-order chi connectivity index (χ1) is 10.2. The molecule has 1 fully saturated rings. The van der Waals surface area contributed by atoms with Crippen molar-refractivity contribution in [3.8, 4) is 0 Å². The van der Waals surface area contributed by atoms with E-state index in [0.717, 1.165) is 18.4 Å². The van der Waals surface area contributed by atoms with Gasteiger partial charge >= 0.3 is 0 Å². The van der Waals surface area contributed by atoms with Gasteiger partial charge in [0, 0.05) is 10.9 Å². The molecule has 1 amide bonds. The fraction of sp³-hybridized carbons (Fsp3) is 0.312. The first-order valence-corrected chi connectivity index (χ1v) is 7.97. The van der Waals surface area contributed by atoms with Crippen LogP contribution in [-0.4, -0.2) is 16.8 Å². The zero-order valence-electron chi connectivity index (χ0n) is 12.0. The number of carbonyl (C=O) groups is 1. The predicted octanol–water partition coefficient (Wildman–Crippen LogP) is 3.15. The Labute approximate surface area is 128 Å². The van der Waals surface area contributed by atoms with Crippen molar-refractivity contribution in [1.29, 1.82) is 0 Å². The maximum atomic E-state index is 12.9. The van der Waals surface area contributed by atoms with Gasteiger partial charge in [-0.05, 0) is 43.3 Å². The highest BCUT2D eigenvalue weighted by Crippen LogP contribution is 2.32. The number of thiophene rings is 1. The molecule has 0 atom stereocenters. The van der Waals surface area contributed by atoms with Crippen molar-refractivity contribution >= 4 is 22.9 Å². The molecule has 5 heteroatoms. The summed E-state index contributed by atoms with van der Waals surface area (Å²) < 4.78 is 0. The van der Waals surface area contributed by atoms with Crippen LogP contribution in [0.1, 0.15) is 33.6 Å². The highest BCUT2D eigenvalue weighted by atomic mass is 32.1. The Balaban J connectivity index is 1.89. The van der Waals surface area contributed by atoms with E-state index in [4.69, 9.17) is 5.84 Å². The smallest absolute Gasteiger partial charge is 0.256 e. The second-order valence-corrected chi connectivity index (χ2v) is 6.47. The van der Waals surface area contributed by atoms with Gasteiger partial charge in [-0.3, -0.25) is 10.6 Å². The van der Waals surface area contributed by atoms with Gasteiger partial charge in [-0.1, -0.05) is 17.7 Å². The lowest BCUT2D eigenvalue weighted by atomic mass is 10.1. The van der Waals surface area contributed by atoms with E-state index < -0.39 is 0 Å². The highest BCUT2D eigenvalue weighted by Gasteiger charge is 2.34. The van der Waals surface area contributed by atoms with Gasteiger partial charge in [0.05, 0.1) is 17.8 Å². The summed E-state index contributed by atoms with van der Waals surface area (Å²) in [6.07, 6.45) is 2.18. The monoisotopic (exact) mass is 301 g/mol. The lowest BCUT2D eigenvalue weighted by Crippen LogP contribution is -2.33. The van der Waals surface area contributed by atoms with E-state index >= 15 is 0 Å². The summed E-state index contributed by atoms with van der Waals surface area (Å²) in [7, 11) is 0. The van der Waals surface area contributed by atoms with Crippen molar-refractivity contribution in [2.45, 2.75) is 32.4 Å². The Bertz CT molecular complexity index is 635. The third-order valence-corrected chi connectivity index (χ3v) is 4.58. The lowest BCUT2D eigenvalue weighted by Gasteiger charge is -2.23. The zero-order chi connectivity index (χ0) is 14.8. The van der Waals surface area contributed by atoms with Crippen LogP contribution >= 0.6 is 11.3 Å². The number of rotatable bonds is 5. The minimum atomic E-state index is 0.0579. The summed E-state index contributed by atoms with van der Waals surface area (Å²) in [5, 5.41) is 2.05. The molecule has 21 heavy (non-hydrogen) atoms. The van der Waals surface area contributed by atoms with Gasteiger partial charge < -0.3 is 10.3 Å². The largest absolute Gasteiger partial charge is 0.330 e. The molecule has 1 aromatic carbocycles. The number of nitrogen functional groups attached to an aromatic ring is 1. The lowest BCUT2D eigenvalue weighted by molar-refractivity contribution is 0.0732. The van der Waals surface area contributed by atoms with Crippen LogP contribution in [0.15, 0.2) is 35.7 Å². The highest BCUT2D eigenvalue weighted by molar-refractivity contribution is 7.09. The van der Waals surface area contributed by atoms with E-state index in [1.165, 1.54) is 4.88 Å². The van der Waals surface area contributed by atoms with Crippen LogP contribution in [0, 0.1) is 6.92 Å². The van der Waals surface area contributed by atoms with E-state index in [1.54, 1.807) is 11.3 Å². The standard InChI is InChI=1S/C16H19N3OS/c1-11-4-7-15(18-17)14(9-11)16(20)19(12-5-6-12)10-13-3-2-8-21-13/h2-4,7-9,12,18H,5-6,10,17H2,1H3. The van der Waals surface area contributed by atoms with Gasteiger partial charge in [-0.2, -0.15) is 0 Å². The van der Waals surface area contributed by atoms with Gasteiger partial charge in [-0.25, -0.2) is 0 Å². The number of benzene rings is 1. The van der Waals surface area contributed by atoms with Crippen molar-refractivity contribution in [1.82, 2.24) is 4.90 Å². The van der Waals surface area contributed by atoms with Crippen LogP contribution in [0.25, 0.3) is 0 Å². The van der Waals surface area contributed by atoms with E-state index in [1.807, 2.05) is 41.5 Å². The normalized spacial score (nSPS) is 14.0. The van der Waals surface area contributed by atoms with E-state index in [9.17, 15) is 4.79 Å². The molecule has 3 N–H and O–H groups in total. The number of carbonyl (C=O) groups excluding carboxylic acids is 1. The molecular weight excluding hydrogens is 282 g/mol. The van der Waals surface area contributed by atoms with Crippen molar-refractivity contribution in [2.75, 3.05) is 5.43 Å². The molecule has 0 spiro atoms. The molecule has 1 aliphatic rings. The molecule has 110 valence electrons. The molecule has 1 heterocycles. The Kier molecular flexibility index (Phi) is 3.94. The Morgan fingerprint density at radius 3 is 2.86 bits per heavy atom. The number of aryl methyl sites for hydroxylation is 1. The first-order valence-electron chi connectivity index (χ1n) is 7.09. The summed E-state index contributed by atoms with van der Waals surface area (Å²) >= 11 is 1.69. The van der Waals surface area contributed by atoms with Crippen molar-refractivity contribution < 1.29 is 4.79 Å². The third kappa shape index (κ3) is 3.09. The number of hydrogen-bond acceptors (Lipinski definition) is 4. The molecular formula is C16H19N3OS. The minimum absolute atomic E-state index is 0.0579. The van der Waals surface area contributed by atoms with Crippen LogP contribution in [0.3, 0.4) is 0 Å². The number of anilines is 1. The molecule has 0 radical (unpaired) electrons. The number of amides is 1. The molecule has 0 unspecified atom stereocenters. The maximum absolute atomic E-state index is 12.9. The SMILES string of the molecule is Cc1ccc(NN)c(C(=O)N(Cc2cccs2)C2CC2)c1. The first kappa shape index (κ1) is 14.1. The fourth-order valence-corrected chi connectivity index (χ4v) is 3.14. The van der Waals surface area contributed by atoms with E-state index in [-0.39, 0.29) is 5.91 Å². The number of nitrogens with zero attached hydrogens (tertiary/aromatic N) is 1. The number of hydrazine groups is 1. The second kappa shape index (κ2) is 5.87. The zero-order valence-corrected chi connectivity index (χ0v) is 12.8. The van der Waals surface area contributed by atoms with Gasteiger partial charge in [0.15, 0.2) is 0 Å².